The van der Waals surface area contributed by atoms with E-state index >= 15 is 0 Å². The Morgan fingerprint density at radius 1 is 1.33 bits per heavy atom. The van der Waals surface area contributed by atoms with Crippen molar-refractivity contribution >= 4 is 5.97 Å². The van der Waals surface area contributed by atoms with Crippen LogP contribution in [0.1, 0.15) is 26.7 Å². The molecule has 0 saturated carbocycles. The molecular formula is C11H24NO3+. The summed E-state index contributed by atoms with van der Waals surface area (Å²) in [5, 5.41) is 18.4. The Balaban J connectivity index is 3.85. The Hall–Kier alpha value is -0.610. The highest BCUT2D eigenvalue weighted by molar-refractivity contribution is 5.69. The molecule has 0 heterocycles. The standard InChI is InChI=1S/C11H23NO3/c1-5-12(3,4)8-10(13)7-6-9(2)11(14)15/h9-10,13H,5-8H2,1-4H3/p+1. The maximum Gasteiger partial charge on any atom is 0.306 e. The van der Waals surface area contributed by atoms with Crippen LogP contribution in [0.3, 0.4) is 0 Å². The van der Waals surface area contributed by atoms with E-state index in [1.807, 2.05) is 0 Å². The van der Waals surface area contributed by atoms with E-state index < -0.39 is 12.1 Å². The number of aliphatic carboxylic acids is 1. The number of carboxylic acid groups (broad SMARTS) is 1. The fraction of sp³-hybridized carbons (Fsp3) is 0.909. The monoisotopic (exact) mass is 218 g/mol. The number of likely N-dealkylation sites (N-methyl/N-ethyl adjacent to an activating group) is 1. The molecule has 90 valence electrons. The van der Waals surface area contributed by atoms with Gasteiger partial charge in [-0.05, 0) is 19.8 Å². The molecule has 0 aliphatic rings. The SMILES string of the molecule is CC[N+](C)(C)CC(O)CCC(C)C(=O)O. The first kappa shape index (κ1) is 14.4. The lowest BCUT2D eigenvalue weighted by molar-refractivity contribution is -0.891. The minimum Gasteiger partial charge on any atom is -0.481 e. The van der Waals surface area contributed by atoms with E-state index in [1.54, 1.807) is 6.92 Å². The number of hydrogen-bond donors (Lipinski definition) is 2. The van der Waals surface area contributed by atoms with E-state index in [9.17, 15) is 9.90 Å². The summed E-state index contributed by atoms with van der Waals surface area (Å²) in [6.07, 6.45) is 0.705. The first-order chi connectivity index (χ1) is 6.78. The van der Waals surface area contributed by atoms with Crippen molar-refractivity contribution in [2.24, 2.45) is 5.92 Å². The molecule has 0 aromatic heterocycles. The molecule has 0 fully saturated rings. The Morgan fingerprint density at radius 3 is 2.27 bits per heavy atom. The molecule has 4 heteroatoms. The van der Waals surface area contributed by atoms with Crippen LogP contribution in [-0.4, -0.2) is 54.0 Å². The lowest BCUT2D eigenvalue weighted by Gasteiger charge is -2.30. The van der Waals surface area contributed by atoms with Gasteiger partial charge in [0.15, 0.2) is 0 Å². The molecule has 0 aromatic rings. The van der Waals surface area contributed by atoms with Crippen molar-refractivity contribution in [2.75, 3.05) is 27.2 Å². The predicted octanol–water partition coefficient (Wildman–Crippen LogP) is 0.944. The average molecular weight is 218 g/mol. The number of carbonyl (C=O) groups is 1. The Labute approximate surface area is 92.1 Å². The maximum absolute atomic E-state index is 10.6. The molecule has 0 aliphatic heterocycles. The zero-order valence-electron chi connectivity index (χ0n) is 10.2. The summed E-state index contributed by atoms with van der Waals surface area (Å²) >= 11 is 0. The largest absolute Gasteiger partial charge is 0.481 e. The van der Waals surface area contributed by atoms with Gasteiger partial charge in [-0.2, -0.15) is 0 Å². The van der Waals surface area contributed by atoms with Gasteiger partial charge >= 0.3 is 5.97 Å². The van der Waals surface area contributed by atoms with Gasteiger partial charge in [-0.1, -0.05) is 6.92 Å². The number of quaternary nitrogens is 1. The molecular weight excluding hydrogens is 194 g/mol. The van der Waals surface area contributed by atoms with E-state index in [4.69, 9.17) is 5.11 Å². The van der Waals surface area contributed by atoms with E-state index in [1.165, 1.54) is 0 Å². The van der Waals surface area contributed by atoms with E-state index in [0.717, 1.165) is 11.0 Å². The summed E-state index contributed by atoms with van der Waals surface area (Å²) in [5.41, 5.74) is 0. The molecule has 0 spiro atoms. The van der Waals surface area contributed by atoms with Crippen LogP contribution in [0, 0.1) is 5.92 Å². The van der Waals surface area contributed by atoms with E-state index in [-0.39, 0.29) is 5.92 Å². The van der Waals surface area contributed by atoms with Crippen LogP contribution >= 0.6 is 0 Å². The molecule has 0 bridgehead atoms. The quantitative estimate of drug-likeness (QED) is 0.625. The van der Waals surface area contributed by atoms with Crippen LogP contribution in [-0.2, 0) is 4.79 Å². The number of rotatable bonds is 7. The van der Waals surface area contributed by atoms with Gasteiger partial charge < -0.3 is 14.7 Å². The zero-order chi connectivity index (χ0) is 12.1. The molecule has 0 aromatic carbocycles. The molecule has 0 amide bonds. The molecule has 0 aliphatic carbocycles. The molecule has 2 unspecified atom stereocenters. The van der Waals surface area contributed by atoms with Gasteiger partial charge in [0, 0.05) is 0 Å². The molecule has 0 radical (unpaired) electrons. The summed E-state index contributed by atoms with van der Waals surface area (Å²) in [6.45, 7) is 5.40. The first-order valence-electron chi connectivity index (χ1n) is 5.51. The maximum atomic E-state index is 10.6. The highest BCUT2D eigenvalue weighted by Gasteiger charge is 2.20. The van der Waals surface area contributed by atoms with Crippen molar-refractivity contribution in [3.8, 4) is 0 Å². The fourth-order valence-electron chi connectivity index (χ4n) is 1.36. The molecule has 2 atom stereocenters. The van der Waals surface area contributed by atoms with Crippen LogP contribution in [0.5, 0.6) is 0 Å². The minimum atomic E-state index is -0.786. The highest BCUT2D eigenvalue weighted by atomic mass is 16.4. The van der Waals surface area contributed by atoms with Crippen LogP contribution in [0.2, 0.25) is 0 Å². The van der Waals surface area contributed by atoms with E-state index in [0.29, 0.717) is 19.4 Å². The van der Waals surface area contributed by atoms with Crippen LogP contribution in [0.15, 0.2) is 0 Å². The van der Waals surface area contributed by atoms with Crippen LogP contribution in [0.25, 0.3) is 0 Å². The number of hydrogen-bond acceptors (Lipinski definition) is 2. The van der Waals surface area contributed by atoms with Crippen LogP contribution in [0.4, 0.5) is 0 Å². The molecule has 4 nitrogen and oxygen atoms in total. The predicted molar refractivity (Wildman–Crippen MR) is 59.6 cm³/mol. The van der Waals surface area contributed by atoms with Crippen molar-refractivity contribution in [2.45, 2.75) is 32.8 Å². The van der Waals surface area contributed by atoms with Gasteiger partial charge in [-0.25, -0.2) is 0 Å². The Bertz CT molecular complexity index is 204. The molecule has 2 N–H and O–H groups in total. The first-order valence-corrected chi connectivity index (χ1v) is 5.51. The third-order valence-electron chi connectivity index (χ3n) is 2.92. The number of nitrogens with zero attached hydrogens (tertiary/aromatic N) is 1. The van der Waals surface area contributed by atoms with Crippen molar-refractivity contribution in [3.63, 3.8) is 0 Å². The van der Waals surface area contributed by atoms with Crippen molar-refractivity contribution in [3.05, 3.63) is 0 Å². The molecule has 15 heavy (non-hydrogen) atoms. The smallest absolute Gasteiger partial charge is 0.306 e. The third kappa shape index (κ3) is 6.47. The lowest BCUT2D eigenvalue weighted by atomic mass is 10.0. The van der Waals surface area contributed by atoms with Crippen molar-refractivity contribution < 1.29 is 19.5 Å². The average Bonchev–Trinajstić information content (AvgIpc) is 2.13. The van der Waals surface area contributed by atoms with Crippen LogP contribution < -0.4 is 0 Å². The van der Waals surface area contributed by atoms with Crippen molar-refractivity contribution in [1.29, 1.82) is 0 Å². The van der Waals surface area contributed by atoms with E-state index in [2.05, 4.69) is 21.0 Å². The van der Waals surface area contributed by atoms with Gasteiger partial charge in [0.05, 0.1) is 26.6 Å². The van der Waals surface area contributed by atoms with Gasteiger partial charge in [0.1, 0.15) is 12.6 Å². The second-order valence-electron chi connectivity index (χ2n) is 4.90. The zero-order valence-corrected chi connectivity index (χ0v) is 10.2. The summed E-state index contributed by atoms with van der Waals surface area (Å²) in [5.74, 6) is -1.15. The lowest BCUT2D eigenvalue weighted by Crippen LogP contribution is -2.45. The molecule has 0 rings (SSSR count). The van der Waals surface area contributed by atoms with Gasteiger partial charge in [0.25, 0.3) is 0 Å². The summed E-state index contributed by atoms with van der Waals surface area (Å²) in [6, 6.07) is 0. The summed E-state index contributed by atoms with van der Waals surface area (Å²) in [7, 11) is 4.12. The summed E-state index contributed by atoms with van der Waals surface area (Å²) in [4.78, 5) is 10.6. The van der Waals surface area contributed by atoms with Gasteiger partial charge in [-0.3, -0.25) is 4.79 Å². The topological polar surface area (TPSA) is 57.5 Å². The Kier molecular flexibility index (Phi) is 5.83. The second kappa shape index (κ2) is 6.08. The number of aliphatic hydroxyl groups excluding tert-OH is 1. The van der Waals surface area contributed by atoms with Gasteiger partial charge in [-0.15, -0.1) is 0 Å². The van der Waals surface area contributed by atoms with Crippen molar-refractivity contribution in [1.82, 2.24) is 0 Å². The number of carboxylic acids is 1. The second-order valence-corrected chi connectivity index (χ2v) is 4.90. The summed E-state index contributed by atoms with van der Waals surface area (Å²) < 4.78 is 0.766. The normalized spacial score (nSPS) is 16.1. The highest BCUT2D eigenvalue weighted by Crippen LogP contribution is 2.10. The third-order valence-corrected chi connectivity index (χ3v) is 2.92. The van der Waals surface area contributed by atoms with Gasteiger partial charge in [0.2, 0.25) is 0 Å². The number of aliphatic hydroxyl groups is 1. The minimum absolute atomic E-state index is 0.364. The fourth-order valence-corrected chi connectivity index (χ4v) is 1.36. The molecule has 0 saturated heterocycles. The Morgan fingerprint density at radius 2 is 1.87 bits per heavy atom.